The summed E-state index contributed by atoms with van der Waals surface area (Å²) in [4.78, 5) is 12.8. The maximum Gasteiger partial charge on any atom is 0.407 e. The fourth-order valence-corrected chi connectivity index (χ4v) is 1.57. The van der Waals surface area contributed by atoms with E-state index in [0.29, 0.717) is 19.1 Å². The topological polar surface area (TPSA) is 41.6 Å². The number of nitrogens with one attached hydrogen (secondary N) is 1. The molecule has 1 aliphatic rings. The average Bonchev–Trinajstić information content (AvgIpc) is 2.17. The van der Waals surface area contributed by atoms with Crippen LogP contribution in [0.3, 0.4) is 0 Å². The molecule has 1 rings (SSSR count). The maximum absolute atomic E-state index is 11.0. The first kappa shape index (κ1) is 11.4. The van der Waals surface area contributed by atoms with Gasteiger partial charge in [-0.3, -0.25) is 0 Å². The zero-order valence-electron chi connectivity index (χ0n) is 8.66. The van der Waals surface area contributed by atoms with Crippen LogP contribution >= 0.6 is 0 Å². The van der Waals surface area contributed by atoms with Crippen molar-refractivity contribution in [2.75, 3.05) is 26.2 Å². The van der Waals surface area contributed by atoms with E-state index in [1.807, 2.05) is 4.81 Å². The van der Waals surface area contributed by atoms with Gasteiger partial charge in [0.1, 0.15) is 0 Å². The quantitative estimate of drug-likeness (QED) is 0.669. The highest BCUT2D eigenvalue weighted by Crippen LogP contribution is 2.14. The van der Waals surface area contributed by atoms with Crippen molar-refractivity contribution < 1.29 is 9.53 Å². The third kappa shape index (κ3) is 4.00. The molecule has 1 amide bonds. The Morgan fingerprint density at radius 1 is 1.57 bits per heavy atom. The summed E-state index contributed by atoms with van der Waals surface area (Å²) < 4.78 is 4.77. The predicted octanol–water partition coefficient (Wildman–Crippen LogP) is 0.528. The number of alkyl carbamates (subject to hydrolysis) is 1. The van der Waals surface area contributed by atoms with Gasteiger partial charge in [-0.1, -0.05) is 0 Å². The number of hydrogen-bond acceptors (Lipinski definition) is 3. The molecule has 78 valence electrons. The molecule has 0 aromatic carbocycles. The van der Waals surface area contributed by atoms with Gasteiger partial charge in [0.15, 0.2) is 7.98 Å². The summed E-state index contributed by atoms with van der Waals surface area (Å²) in [7, 11) is 5.62. The number of ether oxygens (including phenoxy) is 1. The average molecular weight is 196 g/mol. The molecule has 1 heterocycles. The summed E-state index contributed by atoms with van der Waals surface area (Å²) in [6.45, 7) is 4.75. The molecule has 0 aromatic heterocycles. The van der Waals surface area contributed by atoms with Gasteiger partial charge in [-0.05, 0) is 38.8 Å². The maximum atomic E-state index is 11.0. The first-order valence-corrected chi connectivity index (χ1v) is 5.12. The largest absolute Gasteiger partial charge is 0.450 e. The molecule has 0 aliphatic carbocycles. The predicted molar refractivity (Wildman–Crippen MR) is 55.1 cm³/mol. The van der Waals surface area contributed by atoms with Crippen LogP contribution in [0, 0.1) is 5.92 Å². The van der Waals surface area contributed by atoms with E-state index in [2.05, 4.69) is 5.32 Å². The van der Waals surface area contributed by atoms with Crippen molar-refractivity contribution in [2.24, 2.45) is 5.92 Å². The van der Waals surface area contributed by atoms with E-state index in [1.165, 1.54) is 0 Å². The van der Waals surface area contributed by atoms with Crippen molar-refractivity contribution in [1.82, 2.24) is 10.1 Å². The van der Waals surface area contributed by atoms with Crippen LogP contribution in [0.2, 0.25) is 0 Å². The van der Waals surface area contributed by atoms with Crippen LogP contribution < -0.4 is 5.32 Å². The Hall–Kier alpha value is -0.705. The molecule has 14 heavy (non-hydrogen) atoms. The minimum atomic E-state index is -0.317. The van der Waals surface area contributed by atoms with Gasteiger partial charge >= 0.3 is 6.09 Å². The number of carbonyl (C=O) groups is 1. The van der Waals surface area contributed by atoms with Gasteiger partial charge in [0.25, 0.3) is 0 Å². The molecule has 2 radical (unpaired) electrons. The highest BCUT2D eigenvalue weighted by molar-refractivity contribution is 6.04. The molecule has 0 atom stereocenters. The van der Waals surface area contributed by atoms with E-state index in [1.54, 1.807) is 6.92 Å². The lowest BCUT2D eigenvalue weighted by molar-refractivity contribution is 0.148. The Bertz CT molecular complexity index is 182. The van der Waals surface area contributed by atoms with E-state index in [-0.39, 0.29) is 6.09 Å². The molecule has 5 heteroatoms. The van der Waals surface area contributed by atoms with Gasteiger partial charge in [-0.15, -0.1) is 0 Å². The third-order valence-corrected chi connectivity index (χ3v) is 2.46. The van der Waals surface area contributed by atoms with Crippen molar-refractivity contribution in [3.8, 4) is 0 Å². The standard InChI is InChI=1S/C9H17BN2O2/c1-2-14-9(13)11-7-8-3-5-12(10)6-4-8/h8H,2-7H2,1H3,(H,11,13). The van der Waals surface area contributed by atoms with E-state index >= 15 is 0 Å². The molecule has 1 aliphatic heterocycles. The van der Waals surface area contributed by atoms with Crippen LogP contribution in [0.25, 0.3) is 0 Å². The first-order valence-electron chi connectivity index (χ1n) is 5.12. The number of carbonyl (C=O) groups excluding carboxylic acids is 1. The molecule has 4 nitrogen and oxygen atoms in total. The second-order valence-corrected chi connectivity index (χ2v) is 3.58. The lowest BCUT2D eigenvalue weighted by Crippen LogP contribution is -2.37. The number of nitrogens with zero attached hydrogens (tertiary/aromatic N) is 1. The highest BCUT2D eigenvalue weighted by atomic mass is 16.5. The van der Waals surface area contributed by atoms with E-state index < -0.39 is 0 Å². The fourth-order valence-electron chi connectivity index (χ4n) is 1.57. The zero-order valence-corrected chi connectivity index (χ0v) is 8.66. The van der Waals surface area contributed by atoms with Crippen molar-refractivity contribution in [3.05, 3.63) is 0 Å². The molecule has 0 saturated carbocycles. The molecule has 0 aromatic rings. The molecule has 0 bridgehead atoms. The van der Waals surface area contributed by atoms with Crippen LogP contribution in [0.1, 0.15) is 19.8 Å². The second-order valence-electron chi connectivity index (χ2n) is 3.58. The number of hydrogen-bond donors (Lipinski definition) is 1. The monoisotopic (exact) mass is 196 g/mol. The van der Waals surface area contributed by atoms with Gasteiger partial charge in [0, 0.05) is 6.54 Å². The molecular formula is C9H17BN2O2. The Morgan fingerprint density at radius 3 is 2.79 bits per heavy atom. The van der Waals surface area contributed by atoms with E-state index in [4.69, 9.17) is 12.7 Å². The summed E-state index contributed by atoms with van der Waals surface area (Å²) >= 11 is 0. The minimum Gasteiger partial charge on any atom is -0.450 e. The summed E-state index contributed by atoms with van der Waals surface area (Å²) in [6.07, 6.45) is 1.77. The Balaban J connectivity index is 2.09. The summed E-state index contributed by atoms with van der Waals surface area (Å²) in [5, 5.41) is 2.75. The summed E-state index contributed by atoms with van der Waals surface area (Å²) in [5.74, 6) is 0.541. The lowest BCUT2D eigenvalue weighted by Gasteiger charge is -2.29. The SMILES string of the molecule is [B]N1CCC(CNC(=O)OCC)CC1. The Labute approximate surface area is 86.4 Å². The molecule has 1 saturated heterocycles. The van der Waals surface area contributed by atoms with Crippen molar-refractivity contribution in [1.29, 1.82) is 0 Å². The van der Waals surface area contributed by atoms with Gasteiger partial charge < -0.3 is 14.9 Å². The van der Waals surface area contributed by atoms with Crippen LogP contribution in [0.15, 0.2) is 0 Å². The Kier molecular flexibility index (Phi) is 4.80. The van der Waals surface area contributed by atoms with Crippen LogP contribution in [-0.4, -0.2) is 45.1 Å². The van der Waals surface area contributed by atoms with Crippen molar-refractivity contribution in [2.45, 2.75) is 19.8 Å². The zero-order chi connectivity index (χ0) is 10.4. The first-order chi connectivity index (χ1) is 6.72. The normalized spacial score (nSPS) is 19.2. The second kappa shape index (κ2) is 5.91. The van der Waals surface area contributed by atoms with Crippen LogP contribution in [0.4, 0.5) is 4.79 Å². The van der Waals surface area contributed by atoms with Crippen LogP contribution in [-0.2, 0) is 4.74 Å². The summed E-state index contributed by atoms with van der Waals surface area (Å²) in [6, 6.07) is 0. The number of piperidine rings is 1. The molecular weight excluding hydrogens is 179 g/mol. The van der Waals surface area contributed by atoms with Gasteiger partial charge in [-0.2, -0.15) is 0 Å². The molecule has 0 spiro atoms. The smallest absolute Gasteiger partial charge is 0.407 e. The van der Waals surface area contributed by atoms with Gasteiger partial charge in [-0.25, -0.2) is 4.79 Å². The van der Waals surface area contributed by atoms with Crippen molar-refractivity contribution in [3.63, 3.8) is 0 Å². The van der Waals surface area contributed by atoms with Gasteiger partial charge in [0.2, 0.25) is 0 Å². The highest BCUT2D eigenvalue weighted by Gasteiger charge is 2.16. The molecule has 1 N–H and O–H groups in total. The van der Waals surface area contributed by atoms with E-state index in [0.717, 1.165) is 25.9 Å². The minimum absolute atomic E-state index is 0.317. The fraction of sp³-hybridized carbons (Fsp3) is 0.889. The Morgan fingerprint density at radius 2 is 2.21 bits per heavy atom. The number of amides is 1. The summed E-state index contributed by atoms with van der Waals surface area (Å²) in [5.41, 5.74) is 0. The lowest BCUT2D eigenvalue weighted by atomic mass is 9.95. The third-order valence-electron chi connectivity index (χ3n) is 2.46. The number of rotatable bonds is 3. The molecule has 0 unspecified atom stereocenters. The van der Waals surface area contributed by atoms with E-state index in [9.17, 15) is 4.79 Å². The van der Waals surface area contributed by atoms with Crippen LogP contribution in [0.5, 0.6) is 0 Å². The molecule has 1 fully saturated rings. The van der Waals surface area contributed by atoms with Crippen molar-refractivity contribution >= 4 is 14.1 Å². The van der Waals surface area contributed by atoms with Gasteiger partial charge in [0.05, 0.1) is 6.61 Å².